The van der Waals surface area contributed by atoms with E-state index in [1.165, 1.54) is 83.5 Å². The van der Waals surface area contributed by atoms with Gasteiger partial charge in [0.2, 0.25) is 11.2 Å². The zero-order valence-corrected chi connectivity index (χ0v) is 33.4. The Bertz CT molecular complexity index is 924. The van der Waals surface area contributed by atoms with E-state index < -0.39 is 35.0 Å². The fraction of sp³-hybridized carbons (Fsp3) is 0.947. The van der Waals surface area contributed by atoms with Crippen LogP contribution in [0.15, 0.2) is 12.2 Å². The molecule has 0 saturated carbocycles. The molecule has 0 amide bonds. The van der Waals surface area contributed by atoms with E-state index in [1.54, 1.807) is 6.92 Å². The average Bonchev–Trinajstić information content (AvgIpc) is 3.05. The molecule has 294 valence electrons. The first-order chi connectivity index (χ1) is 23.4. The summed E-state index contributed by atoms with van der Waals surface area (Å²) in [7, 11) is -9.40. The van der Waals surface area contributed by atoms with Crippen LogP contribution in [-0.4, -0.2) is 58.1 Å². The first kappa shape index (κ1) is 48.7. The van der Waals surface area contributed by atoms with Crippen molar-refractivity contribution in [1.29, 1.82) is 0 Å². The lowest BCUT2D eigenvalue weighted by atomic mass is 10.0. The molecular weight excluding hydrogens is 663 g/mol. The van der Waals surface area contributed by atoms with E-state index in [0.717, 1.165) is 64.2 Å². The van der Waals surface area contributed by atoms with E-state index in [2.05, 4.69) is 26.0 Å². The number of ether oxygens (including phenoxy) is 1. The smallest absolute Gasteiger partial charge is 0.373 e. The summed E-state index contributed by atoms with van der Waals surface area (Å²) >= 11 is 0. The molecular formula is C38H77O9PS. The molecule has 0 heterocycles. The van der Waals surface area contributed by atoms with E-state index in [4.69, 9.17) is 9.26 Å². The minimum absolute atomic E-state index is 0.0760. The average molecular weight is 741 g/mol. The van der Waals surface area contributed by atoms with Crippen LogP contribution in [0.1, 0.15) is 201 Å². The summed E-state index contributed by atoms with van der Waals surface area (Å²) in [5, 5.41) is 22.5. The predicted octanol–water partition coefficient (Wildman–Crippen LogP) is 10.4. The van der Waals surface area contributed by atoms with Crippen LogP contribution in [0.4, 0.5) is 0 Å². The number of rotatable bonds is 37. The molecule has 0 fully saturated rings. The SMILES string of the molecule is CCCCCC/C=C/CCCCCCCCOC(O)(C(CCC)OP(=O)(O)O)C(O)S(=O)(=O)CCCCCCCCCCCCCCCC. The van der Waals surface area contributed by atoms with Gasteiger partial charge in [0.05, 0.1) is 12.4 Å². The molecule has 0 radical (unpaired) electrons. The third-order valence-corrected chi connectivity index (χ3v) is 11.6. The van der Waals surface area contributed by atoms with E-state index in [1.807, 2.05) is 0 Å². The normalized spacial score (nSPS) is 15.2. The molecule has 3 unspecified atom stereocenters. The van der Waals surface area contributed by atoms with Crippen LogP contribution >= 0.6 is 7.82 Å². The number of hydrogen-bond acceptors (Lipinski definition) is 7. The van der Waals surface area contributed by atoms with Gasteiger partial charge in [0.1, 0.15) is 6.10 Å². The maximum Gasteiger partial charge on any atom is 0.470 e. The maximum atomic E-state index is 13.2. The molecule has 0 saturated heterocycles. The Labute approximate surface area is 301 Å². The van der Waals surface area contributed by atoms with Gasteiger partial charge < -0.3 is 24.7 Å². The number of phosphoric acid groups is 1. The summed E-state index contributed by atoms with van der Waals surface area (Å²) < 4.78 is 48.6. The van der Waals surface area contributed by atoms with Crippen molar-refractivity contribution in [3.8, 4) is 0 Å². The molecule has 0 rings (SSSR count). The molecule has 0 aromatic carbocycles. The summed E-state index contributed by atoms with van der Waals surface area (Å²) in [5.41, 5.74) is -2.40. The van der Waals surface area contributed by atoms with Gasteiger partial charge in [-0.15, -0.1) is 0 Å². The van der Waals surface area contributed by atoms with Crippen LogP contribution < -0.4 is 0 Å². The van der Waals surface area contributed by atoms with Gasteiger partial charge in [-0.05, 0) is 44.9 Å². The largest absolute Gasteiger partial charge is 0.470 e. The fourth-order valence-electron chi connectivity index (χ4n) is 6.18. The number of aliphatic hydroxyl groups is 2. The Kier molecular flexibility index (Phi) is 31.0. The fourth-order valence-corrected chi connectivity index (χ4v) is 8.34. The van der Waals surface area contributed by atoms with E-state index in [0.29, 0.717) is 25.7 Å². The molecule has 0 aliphatic heterocycles. The molecule has 0 aliphatic rings. The van der Waals surface area contributed by atoms with Crippen molar-refractivity contribution in [2.24, 2.45) is 0 Å². The number of sulfone groups is 1. The van der Waals surface area contributed by atoms with Crippen LogP contribution in [-0.2, 0) is 23.7 Å². The van der Waals surface area contributed by atoms with Crippen LogP contribution in [0.2, 0.25) is 0 Å². The Morgan fingerprint density at radius 3 is 1.43 bits per heavy atom. The van der Waals surface area contributed by atoms with Crippen LogP contribution in [0.3, 0.4) is 0 Å². The highest BCUT2D eigenvalue weighted by molar-refractivity contribution is 7.91. The summed E-state index contributed by atoms with van der Waals surface area (Å²) in [6.45, 7) is 6.08. The summed E-state index contributed by atoms with van der Waals surface area (Å²) in [6, 6.07) is 0. The third kappa shape index (κ3) is 27.0. The minimum atomic E-state index is -5.12. The number of aliphatic hydroxyl groups excluding tert-OH is 1. The van der Waals surface area contributed by atoms with Gasteiger partial charge in [0.25, 0.3) is 0 Å². The first-order valence-corrected chi connectivity index (χ1v) is 23.3. The topological polar surface area (TPSA) is 151 Å². The highest BCUT2D eigenvalue weighted by Gasteiger charge is 2.53. The molecule has 0 aliphatic carbocycles. The summed E-state index contributed by atoms with van der Waals surface area (Å²) in [4.78, 5) is 19.0. The maximum absolute atomic E-state index is 13.2. The van der Waals surface area contributed by atoms with E-state index in [9.17, 15) is 33.0 Å². The van der Waals surface area contributed by atoms with Crippen molar-refractivity contribution < 1.29 is 42.2 Å². The molecule has 49 heavy (non-hydrogen) atoms. The van der Waals surface area contributed by atoms with Gasteiger partial charge in [-0.3, -0.25) is 4.52 Å². The second-order valence-corrected chi connectivity index (χ2v) is 17.4. The second kappa shape index (κ2) is 31.2. The molecule has 0 aromatic rings. The highest BCUT2D eigenvalue weighted by Crippen LogP contribution is 2.43. The van der Waals surface area contributed by atoms with Gasteiger partial charge in [-0.1, -0.05) is 168 Å². The molecule has 9 nitrogen and oxygen atoms in total. The predicted molar refractivity (Wildman–Crippen MR) is 203 cm³/mol. The number of unbranched alkanes of at least 4 members (excludes halogenated alkanes) is 23. The van der Waals surface area contributed by atoms with Crippen molar-refractivity contribution in [3.63, 3.8) is 0 Å². The highest BCUT2D eigenvalue weighted by atomic mass is 32.2. The van der Waals surface area contributed by atoms with Crippen molar-refractivity contribution in [2.75, 3.05) is 12.4 Å². The number of allylic oxidation sites excluding steroid dienone is 2. The minimum Gasteiger partial charge on any atom is -0.373 e. The molecule has 0 bridgehead atoms. The van der Waals surface area contributed by atoms with Crippen LogP contribution in [0, 0.1) is 0 Å². The lowest BCUT2D eigenvalue weighted by Gasteiger charge is -2.38. The Hall–Kier alpha value is -0.320. The van der Waals surface area contributed by atoms with E-state index in [-0.39, 0.29) is 18.8 Å². The second-order valence-electron chi connectivity index (χ2n) is 14.0. The molecule has 4 N–H and O–H groups in total. The standard InChI is InChI=1S/C38H77O9PS/c1-4-7-9-11-13-15-17-19-21-23-25-27-29-31-34-46-38(40,36(33-6-3)47-48(41,42)43)37(39)49(44,45)35-32-30-28-26-24-22-20-18-16-14-12-10-8-5-2/h15,17,36-37,39-40H,4-14,16,18-35H2,1-3H3,(H2,41,42,43)/b17-15+. The van der Waals surface area contributed by atoms with Gasteiger partial charge in [0, 0.05) is 0 Å². The van der Waals surface area contributed by atoms with Crippen molar-refractivity contribution in [3.05, 3.63) is 12.2 Å². The third-order valence-electron chi connectivity index (χ3n) is 9.24. The lowest BCUT2D eigenvalue weighted by molar-refractivity contribution is -0.280. The monoisotopic (exact) mass is 741 g/mol. The van der Waals surface area contributed by atoms with Crippen molar-refractivity contribution in [1.82, 2.24) is 0 Å². The number of phosphoric ester groups is 1. The van der Waals surface area contributed by atoms with Gasteiger partial charge in [0.15, 0.2) is 9.84 Å². The summed E-state index contributed by atoms with van der Waals surface area (Å²) in [6.07, 6.45) is 31.5. The first-order valence-electron chi connectivity index (χ1n) is 20.1. The zero-order chi connectivity index (χ0) is 36.7. The lowest BCUT2D eigenvalue weighted by Crippen LogP contribution is -2.58. The molecule has 0 spiro atoms. The van der Waals surface area contributed by atoms with Gasteiger partial charge in [-0.25, -0.2) is 13.0 Å². The Balaban J connectivity index is 4.68. The van der Waals surface area contributed by atoms with E-state index >= 15 is 0 Å². The van der Waals surface area contributed by atoms with Crippen LogP contribution in [0.25, 0.3) is 0 Å². The van der Waals surface area contributed by atoms with Gasteiger partial charge in [-0.2, -0.15) is 0 Å². The number of hydrogen-bond donors (Lipinski definition) is 4. The quantitative estimate of drug-likeness (QED) is 0.0211. The Morgan fingerprint density at radius 2 is 1.00 bits per heavy atom. The van der Waals surface area contributed by atoms with Gasteiger partial charge >= 0.3 is 7.82 Å². The summed E-state index contributed by atoms with van der Waals surface area (Å²) in [5.74, 6) is -3.17. The molecule has 11 heteroatoms. The Morgan fingerprint density at radius 1 is 0.612 bits per heavy atom. The zero-order valence-electron chi connectivity index (χ0n) is 31.7. The van der Waals surface area contributed by atoms with Crippen molar-refractivity contribution >= 4 is 17.7 Å². The molecule has 0 aromatic heterocycles. The van der Waals surface area contributed by atoms with Crippen molar-refractivity contribution in [2.45, 2.75) is 218 Å². The molecule has 3 atom stereocenters. The van der Waals surface area contributed by atoms with Crippen LogP contribution in [0.5, 0.6) is 0 Å².